The Morgan fingerprint density at radius 1 is 1.07 bits per heavy atom. The van der Waals surface area contributed by atoms with Crippen LogP contribution in [0.5, 0.6) is 0 Å². The third kappa shape index (κ3) is 3.16. The molecule has 0 spiro atoms. The highest BCUT2D eigenvalue weighted by Crippen LogP contribution is 2.07. The molecule has 0 saturated heterocycles. The molecule has 0 radical (unpaired) electrons. The van der Waals surface area contributed by atoms with Gasteiger partial charge in [-0.1, -0.05) is 12.1 Å². The fourth-order valence-electron chi connectivity index (χ4n) is 1.17. The Morgan fingerprint density at radius 2 is 1.73 bits per heavy atom. The number of benzene rings is 1. The van der Waals surface area contributed by atoms with E-state index in [-0.39, 0.29) is 0 Å². The molecule has 1 heterocycles. The number of hydrogen-bond donors (Lipinski definition) is 1. The maximum atomic E-state index is 4.09. The van der Waals surface area contributed by atoms with Crippen LogP contribution in [0.2, 0.25) is 0 Å². The lowest BCUT2D eigenvalue weighted by atomic mass is 10.2. The summed E-state index contributed by atoms with van der Waals surface area (Å²) in [5.74, 6) is 0.663. The van der Waals surface area contributed by atoms with Crippen molar-refractivity contribution in [1.29, 1.82) is 0 Å². The zero-order valence-corrected chi connectivity index (χ0v) is 10.2. The molecular formula is C11H10IN3. The van der Waals surface area contributed by atoms with Gasteiger partial charge in [0.2, 0.25) is 5.95 Å². The van der Waals surface area contributed by atoms with Crippen LogP contribution in [0, 0.1) is 3.57 Å². The van der Waals surface area contributed by atoms with Crippen LogP contribution in [-0.2, 0) is 6.54 Å². The van der Waals surface area contributed by atoms with Crippen molar-refractivity contribution in [1.82, 2.24) is 9.97 Å². The molecule has 1 N–H and O–H groups in total. The van der Waals surface area contributed by atoms with Gasteiger partial charge in [0.1, 0.15) is 0 Å². The minimum absolute atomic E-state index is 0.663. The van der Waals surface area contributed by atoms with Crippen molar-refractivity contribution in [2.75, 3.05) is 5.32 Å². The van der Waals surface area contributed by atoms with E-state index in [0.717, 1.165) is 6.54 Å². The molecular weight excluding hydrogens is 301 g/mol. The highest BCUT2D eigenvalue weighted by atomic mass is 127. The van der Waals surface area contributed by atoms with E-state index in [1.165, 1.54) is 9.13 Å². The first-order chi connectivity index (χ1) is 7.34. The lowest BCUT2D eigenvalue weighted by molar-refractivity contribution is 1.05. The van der Waals surface area contributed by atoms with Crippen molar-refractivity contribution in [2.45, 2.75) is 6.54 Å². The number of anilines is 1. The molecule has 0 fully saturated rings. The van der Waals surface area contributed by atoms with Gasteiger partial charge in [0.25, 0.3) is 0 Å². The Labute approximate surface area is 102 Å². The van der Waals surface area contributed by atoms with Crippen molar-refractivity contribution in [3.63, 3.8) is 0 Å². The third-order valence-corrected chi connectivity index (χ3v) is 2.65. The second-order valence-corrected chi connectivity index (χ2v) is 4.30. The Kier molecular flexibility index (Phi) is 3.49. The van der Waals surface area contributed by atoms with E-state index in [0.29, 0.717) is 5.95 Å². The summed E-state index contributed by atoms with van der Waals surface area (Å²) >= 11 is 2.29. The summed E-state index contributed by atoms with van der Waals surface area (Å²) in [6.07, 6.45) is 3.45. The molecule has 0 unspecified atom stereocenters. The zero-order chi connectivity index (χ0) is 10.5. The van der Waals surface area contributed by atoms with Gasteiger partial charge in [-0.2, -0.15) is 0 Å². The summed E-state index contributed by atoms with van der Waals surface area (Å²) in [5, 5.41) is 3.16. The standard InChI is InChI=1S/C11H10IN3/c12-10-4-2-9(3-5-10)8-15-11-13-6-1-7-14-11/h1-7H,8H2,(H,13,14,15). The summed E-state index contributed by atoms with van der Waals surface area (Å²) in [6, 6.07) is 10.2. The molecule has 1 aromatic carbocycles. The maximum Gasteiger partial charge on any atom is 0.222 e. The molecule has 0 saturated carbocycles. The maximum absolute atomic E-state index is 4.09. The van der Waals surface area contributed by atoms with E-state index in [1.54, 1.807) is 18.5 Å². The molecule has 2 aromatic rings. The number of halogens is 1. The van der Waals surface area contributed by atoms with Crippen LogP contribution in [0.25, 0.3) is 0 Å². The highest BCUT2D eigenvalue weighted by molar-refractivity contribution is 14.1. The Balaban J connectivity index is 1.96. The number of nitrogens with one attached hydrogen (secondary N) is 1. The normalized spacial score (nSPS) is 9.93. The average Bonchev–Trinajstić information content (AvgIpc) is 2.30. The summed E-state index contributed by atoms with van der Waals surface area (Å²) in [5.41, 5.74) is 1.22. The van der Waals surface area contributed by atoms with Gasteiger partial charge in [0, 0.05) is 22.5 Å². The lowest BCUT2D eigenvalue weighted by Gasteiger charge is -2.03. The van der Waals surface area contributed by atoms with Gasteiger partial charge >= 0.3 is 0 Å². The summed E-state index contributed by atoms with van der Waals surface area (Å²) < 4.78 is 1.24. The van der Waals surface area contributed by atoms with Crippen molar-refractivity contribution in [3.05, 3.63) is 51.9 Å². The predicted molar refractivity (Wildman–Crippen MR) is 68.5 cm³/mol. The minimum Gasteiger partial charge on any atom is -0.350 e. The first kappa shape index (κ1) is 10.4. The molecule has 3 nitrogen and oxygen atoms in total. The minimum atomic E-state index is 0.663. The van der Waals surface area contributed by atoms with Gasteiger partial charge in [-0.15, -0.1) is 0 Å². The van der Waals surface area contributed by atoms with Crippen LogP contribution in [0.15, 0.2) is 42.7 Å². The van der Waals surface area contributed by atoms with E-state index in [9.17, 15) is 0 Å². The number of rotatable bonds is 3. The zero-order valence-electron chi connectivity index (χ0n) is 8.02. The van der Waals surface area contributed by atoms with E-state index >= 15 is 0 Å². The second kappa shape index (κ2) is 5.06. The van der Waals surface area contributed by atoms with Gasteiger partial charge in [0.15, 0.2) is 0 Å². The smallest absolute Gasteiger partial charge is 0.222 e. The molecule has 0 bridgehead atoms. The largest absolute Gasteiger partial charge is 0.350 e. The van der Waals surface area contributed by atoms with Crippen molar-refractivity contribution < 1.29 is 0 Å². The monoisotopic (exact) mass is 311 g/mol. The summed E-state index contributed by atoms with van der Waals surface area (Å²) in [4.78, 5) is 8.18. The average molecular weight is 311 g/mol. The van der Waals surface area contributed by atoms with Gasteiger partial charge in [-0.25, -0.2) is 9.97 Å². The van der Waals surface area contributed by atoms with E-state index in [1.807, 2.05) is 0 Å². The highest BCUT2D eigenvalue weighted by Gasteiger charge is 1.94. The number of hydrogen-bond acceptors (Lipinski definition) is 3. The SMILES string of the molecule is Ic1ccc(CNc2ncccn2)cc1. The molecule has 15 heavy (non-hydrogen) atoms. The van der Waals surface area contributed by atoms with E-state index in [2.05, 4.69) is 62.1 Å². The van der Waals surface area contributed by atoms with Gasteiger partial charge < -0.3 is 5.32 Å². The van der Waals surface area contributed by atoms with Crippen LogP contribution in [-0.4, -0.2) is 9.97 Å². The van der Waals surface area contributed by atoms with E-state index in [4.69, 9.17) is 0 Å². The number of aromatic nitrogens is 2. The fourth-order valence-corrected chi connectivity index (χ4v) is 1.53. The van der Waals surface area contributed by atoms with Gasteiger partial charge in [-0.05, 0) is 46.4 Å². The van der Waals surface area contributed by atoms with Crippen LogP contribution >= 0.6 is 22.6 Å². The summed E-state index contributed by atoms with van der Waals surface area (Å²) in [7, 11) is 0. The van der Waals surface area contributed by atoms with Crippen molar-refractivity contribution in [2.24, 2.45) is 0 Å². The molecule has 1 aromatic heterocycles. The summed E-state index contributed by atoms with van der Waals surface area (Å²) in [6.45, 7) is 0.751. The number of nitrogens with zero attached hydrogens (tertiary/aromatic N) is 2. The quantitative estimate of drug-likeness (QED) is 0.886. The molecule has 0 amide bonds. The third-order valence-electron chi connectivity index (χ3n) is 1.93. The van der Waals surface area contributed by atoms with Crippen LogP contribution in [0.4, 0.5) is 5.95 Å². The second-order valence-electron chi connectivity index (χ2n) is 3.05. The van der Waals surface area contributed by atoms with Crippen LogP contribution < -0.4 is 5.32 Å². The molecule has 0 aliphatic carbocycles. The first-order valence-electron chi connectivity index (χ1n) is 4.60. The van der Waals surface area contributed by atoms with Gasteiger partial charge in [0.05, 0.1) is 0 Å². The Morgan fingerprint density at radius 3 is 2.40 bits per heavy atom. The van der Waals surface area contributed by atoms with Crippen LogP contribution in [0.1, 0.15) is 5.56 Å². The van der Waals surface area contributed by atoms with Crippen LogP contribution in [0.3, 0.4) is 0 Å². The molecule has 4 heteroatoms. The first-order valence-corrected chi connectivity index (χ1v) is 5.68. The Hall–Kier alpha value is -1.17. The molecule has 76 valence electrons. The van der Waals surface area contributed by atoms with Crippen molar-refractivity contribution >= 4 is 28.5 Å². The van der Waals surface area contributed by atoms with Crippen molar-refractivity contribution in [3.8, 4) is 0 Å². The lowest BCUT2D eigenvalue weighted by Crippen LogP contribution is -2.02. The van der Waals surface area contributed by atoms with Gasteiger partial charge in [-0.3, -0.25) is 0 Å². The van der Waals surface area contributed by atoms with E-state index < -0.39 is 0 Å². The molecule has 0 aliphatic rings. The molecule has 0 aliphatic heterocycles. The molecule has 2 rings (SSSR count). The predicted octanol–water partition coefficient (Wildman–Crippen LogP) is 2.69. The molecule has 0 atom stereocenters. The Bertz CT molecular complexity index is 414. The fraction of sp³-hybridized carbons (Fsp3) is 0.0909. The topological polar surface area (TPSA) is 37.8 Å².